The maximum absolute atomic E-state index is 14.9. The number of hydrogen-bond acceptors (Lipinski definition) is 8. The lowest BCUT2D eigenvalue weighted by molar-refractivity contribution is -0.151. The zero-order valence-corrected chi connectivity index (χ0v) is 28.5. The Hall–Kier alpha value is -3.83. The highest BCUT2D eigenvalue weighted by Crippen LogP contribution is 2.51. The average Bonchev–Trinajstić information content (AvgIpc) is 3.42. The van der Waals surface area contributed by atoms with Gasteiger partial charge < -0.3 is 24.2 Å². The van der Waals surface area contributed by atoms with E-state index in [1.807, 2.05) is 13.8 Å². The monoisotopic (exact) mass is 682 g/mol. The smallest absolute Gasteiger partial charge is 0.341 e. The lowest BCUT2D eigenvalue weighted by Gasteiger charge is -2.40. The normalized spacial score (nSPS) is 19.9. The van der Waals surface area contributed by atoms with Crippen LogP contribution in [0.15, 0.2) is 71.7 Å². The standard InChI is InChI=1S/C35H40Cl2N4O6/c1-5-46-33(43)35(25-8-12-27(37)13-9-25)31(24-6-10-26(36)11-7-24)41(34(44)40-18-16-39(17-19-40)20-21-42)32(38-35)29-15-14-28(45-4)22-30(29)47-23(2)3/h6-15,22-23,31,42H,5,16-21H2,1-4H3/t31-,35+/m1/s1. The van der Waals surface area contributed by atoms with Gasteiger partial charge in [-0.15, -0.1) is 0 Å². The molecule has 10 nitrogen and oxygen atoms in total. The predicted molar refractivity (Wildman–Crippen MR) is 182 cm³/mol. The van der Waals surface area contributed by atoms with E-state index in [2.05, 4.69) is 4.90 Å². The van der Waals surface area contributed by atoms with Gasteiger partial charge in [0.1, 0.15) is 23.4 Å². The highest BCUT2D eigenvalue weighted by Gasteiger charge is 2.60. The molecule has 2 aliphatic heterocycles. The third-order valence-corrected chi connectivity index (χ3v) is 8.78. The fraction of sp³-hybridized carbons (Fsp3) is 0.400. The number of aliphatic hydroxyl groups is 1. The Morgan fingerprint density at radius 1 is 0.979 bits per heavy atom. The Morgan fingerprint density at radius 2 is 1.62 bits per heavy atom. The number of carbonyl (C=O) groups excluding carboxylic acids is 2. The molecule has 1 fully saturated rings. The average molecular weight is 684 g/mol. The molecule has 2 aliphatic rings. The summed E-state index contributed by atoms with van der Waals surface area (Å²) in [6.45, 7) is 8.20. The van der Waals surface area contributed by atoms with Crippen LogP contribution >= 0.6 is 23.2 Å². The van der Waals surface area contributed by atoms with E-state index in [1.165, 1.54) is 0 Å². The quantitative estimate of drug-likeness (QED) is 0.270. The van der Waals surface area contributed by atoms with Crippen LogP contribution in [0.4, 0.5) is 4.79 Å². The molecule has 1 N–H and O–H groups in total. The molecular formula is C35H40Cl2N4O6. The highest BCUT2D eigenvalue weighted by molar-refractivity contribution is 6.30. The van der Waals surface area contributed by atoms with E-state index in [-0.39, 0.29) is 31.2 Å². The van der Waals surface area contributed by atoms with E-state index in [9.17, 15) is 14.7 Å². The van der Waals surface area contributed by atoms with Gasteiger partial charge >= 0.3 is 12.0 Å². The van der Waals surface area contributed by atoms with Crippen LogP contribution in [0.2, 0.25) is 10.0 Å². The van der Waals surface area contributed by atoms with E-state index in [4.69, 9.17) is 42.4 Å². The highest BCUT2D eigenvalue weighted by atomic mass is 35.5. The molecule has 2 amide bonds. The lowest BCUT2D eigenvalue weighted by atomic mass is 9.80. The number of amidine groups is 1. The number of amides is 2. The van der Waals surface area contributed by atoms with Crippen molar-refractivity contribution in [3.8, 4) is 11.5 Å². The summed E-state index contributed by atoms with van der Waals surface area (Å²) in [6, 6.07) is 17.9. The zero-order valence-electron chi connectivity index (χ0n) is 27.0. The van der Waals surface area contributed by atoms with E-state index in [0.29, 0.717) is 71.0 Å². The number of aliphatic hydroxyl groups excluding tert-OH is 1. The van der Waals surface area contributed by atoms with Gasteiger partial charge in [0.05, 0.1) is 32.0 Å². The topological polar surface area (TPSA) is 104 Å². The van der Waals surface area contributed by atoms with Crippen LogP contribution in [-0.4, -0.2) is 96.8 Å². The first-order chi connectivity index (χ1) is 22.6. The molecule has 0 aliphatic carbocycles. The summed E-state index contributed by atoms with van der Waals surface area (Å²) < 4.78 is 17.6. The zero-order chi connectivity index (χ0) is 33.7. The number of aliphatic imine (C=N–C) groups is 1. The maximum Gasteiger partial charge on any atom is 0.341 e. The van der Waals surface area contributed by atoms with Gasteiger partial charge in [0.25, 0.3) is 0 Å². The summed E-state index contributed by atoms with van der Waals surface area (Å²) in [5.41, 5.74) is -0.0949. The number of ether oxygens (including phenoxy) is 3. The van der Waals surface area contributed by atoms with Gasteiger partial charge in [0.2, 0.25) is 5.54 Å². The molecule has 3 aromatic rings. The lowest BCUT2D eigenvalue weighted by Crippen LogP contribution is -2.56. The third-order valence-electron chi connectivity index (χ3n) is 8.28. The first-order valence-electron chi connectivity index (χ1n) is 15.7. The molecule has 0 unspecified atom stereocenters. The molecule has 47 heavy (non-hydrogen) atoms. The summed E-state index contributed by atoms with van der Waals surface area (Å²) in [5.74, 6) is 0.621. The molecule has 0 bridgehead atoms. The van der Waals surface area contributed by atoms with E-state index < -0.39 is 17.6 Å². The number of rotatable bonds is 10. The summed E-state index contributed by atoms with van der Waals surface area (Å²) in [7, 11) is 1.57. The number of esters is 1. The SMILES string of the molecule is CCOC(=O)[C@@]1(c2ccc(Cl)cc2)N=C(c2ccc(OC)cc2OC(C)C)N(C(=O)N2CCN(CCO)CC2)[C@@H]1c1ccc(Cl)cc1. The second-order valence-corrected chi connectivity index (χ2v) is 12.5. The van der Waals surface area contributed by atoms with E-state index in [0.717, 1.165) is 0 Å². The Bertz CT molecular complexity index is 1590. The van der Waals surface area contributed by atoms with Crippen molar-refractivity contribution in [3.05, 3.63) is 93.5 Å². The molecule has 250 valence electrons. The molecule has 0 spiro atoms. The van der Waals surface area contributed by atoms with Crippen LogP contribution in [0.25, 0.3) is 0 Å². The number of urea groups is 1. The molecule has 5 rings (SSSR count). The number of methoxy groups -OCH3 is 1. The Morgan fingerprint density at radius 3 is 2.19 bits per heavy atom. The van der Waals surface area contributed by atoms with Gasteiger partial charge in [-0.25, -0.2) is 14.6 Å². The molecular weight excluding hydrogens is 643 g/mol. The van der Waals surface area contributed by atoms with Gasteiger partial charge in [-0.3, -0.25) is 9.80 Å². The molecule has 2 atom stereocenters. The van der Waals surface area contributed by atoms with Crippen molar-refractivity contribution in [1.29, 1.82) is 0 Å². The maximum atomic E-state index is 14.9. The van der Waals surface area contributed by atoms with Crippen molar-refractivity contribution < 1.29 is 28.9 Å². The van der Waals surface area contributed by atoms with Gasteiger partial charge in [0, 0.05) is 48.8 Å². The van der Waals surface area contributed by atoms with Crippen molar-refractivity contribution >= 4 is 41.0 Å². The third kappa shape index (κ3) is 7.06. The summed E-state index contributed by atoms with van der Waals surface area (Å²) in [5, 5.41) is 10.5. The molecule has 0 aromatic heterocycles. The molecule has 0 radical (unpaired) electrons. The summed E-state index contributed by atoms with van der Waals surface area (Å²) >= 11 is 12.7. The largest absolute Gasteiger partial charge is 0.497 e. The number of benzene rings is 3. The van der Waals surface area contributed by atoms with Crippen LogP contribution in [0.3, 0.4) is 0 Å². The Labute approximate surface area is 285 Å². The van der Waals surface area contributed by atoms with Crippen LogP contribution in [0.5, 0.6) is 11.5 Å². The van der Waals surface area contributed by atoms with Crippen molar-refractivity contribution in [2.75, 3.05) is 53.0 Å². The minimum atomic E-state index is -1.73. The van der Waals surface area contributed by atoms with Crippen molar-refractivity contribution in [1.82, 2.24) is 14.7 Å². The van der Waals surface area contributed by atoms with Gasteiger partial charge in [-0.1, -0.05) is 47.5 Å². The summed E-state index contributed by atoms with van der Waals surface area (Å²) in [6.07, 6.45) is -0.218. The molecule has 1 saturated heterocycles. The number of halogens is 2. The minimum absolute atomic E-state index is 0.0365. The van der Waals surface area contributed by atoms with Crippen molar-refractivity contribution in [2.45, 2.75) is 38.5 Å². The molecule has 3 aromatic carbocycles. The number of piperazine rings is 1. The first kappa shape index (κ1) is 34.5. The Balaban J connectivity index is 1.80. The second kappa shape index (κ2) is 14.9. The number of β-amino-alcohol motifs (C(OH)–C–C–N with tert-alkyl or cyclic N) is 1. The molecule has 0 saturated carbocycles. The molecule has 12 heteroatoms. The van der Waals surface area contributed by atoms with Gasteiger partial charge in [0.15, 0.2) is 0 Å². The number of carbonyl (C=O) groups is 2. The fourth-order valence-electron chi connectivity index (χ4n) is 6.08. The van der Waals surface area contributed by atoms with E-state index in [1.54, 1.807) is 90.6 Å². The van der Waals surface area contributed by atoms with E-state index >= 15 is 0 Å². The van der Waals surface area contributed by atoms with Crippen LogP contribution < -0.4 is 9.47 Å². The molecule has 2 heterocycles. The Kier molecular flexibility index (Phi) is 11.0. The van der Waals surface area contributed by atoms with Crippen LogP contribution in [0.1, 0.15) is 43.5 Å². The number of hydrogen-bond donors (Lipinski definition) is 1. The van der Waals surface area contributed by atoms with Crippen LogP contribution in [-0.2, 0) is 15.1 Å². The van der Waals surface area contributed by atoms with Crippen molar-refractivity contribution in [2.24, 2.45) is 4.99 Å². The van der Waals surface area contributed by atoms with Gasteiger partial charge in [-0.05, 0) is 68.3 Å². The predicted octanol–water partition coefficient (Wildman–Crippen LogP) is 5.78. The fourth-order valence-corrected chi connectivity index (χ4v) is 6.33. The minimum Gasteiger partial charge on any atom is -0.497 e. The first-order valence-corrected chi connectivity index (χ1v) is 16.4. The summed E-state index contributed by atoms with van der Waals surface area (Å²) in [4.78, 5) is 40.1. The second-order valence-electron chi connectivity index (χ2n) is 11.6. The van der Waals surface area contributed by atoms with Crippen LogP contribution in [0, 0.1) is 0 Å². The van der Waals surface area contributed by atoms with Crippen molar-refractivity contribution in [3.63, 3.8) is 0 Å². The van der Waals surface area contributed by atoms with Gasteiger partial charge in [-0.2, -0.15) is 0 Å². The number of nitrogens with zero attached hydrogens (tertiary/aromatic N) is 4.